The highest BCUT2D eigenvalue weighted by Gasteiger charge is 2.23. The maximum Gasteiger partial charge on any atom is 0.221 e. The van der Waals surface area contributed by atoms with E-state index in [4.69, 9.17) is 14.9 Å². The molecular weight excluding hydrogens is 422 g/mol. The van der Waals surface area contributed by atoms with E-state index in [1.54, 1.807) is 24.7 Å². The van der Waals surface area contributed by atoms with Crippen molar-refractivity contribution in [3.63, 3.8) is 0 Å². The Morgan fingerprint density at radius 3 is 2.44 bits per heavy atom. The van der Waals surface area contributed by atoms with Crippen LogP contribution in [0.5, 0.6) is 5.88 Å². The first-order chi connectivity index (χ1) is 16.4. The van der Waals surface area contributed by atoms with E-state index in [1.807, 2.05) is 48.5 Å². The van der Waals surface area contributed by atoms with E-state index in [-0.39, 0.29) is 5.41 Å². The molecule has 0 aliphatic rings. The Hall–Kier alpha value is -4.12. The van der Waals surface area contributed by atoms with Gasteiger partial charge in [-0.15, -0.1) is 0 Å². The van der Waals surface area contributed by atoms with Crippen LogP contribution in [0, 0.1) is 0 Å². The number of nitrogens with two attached hydrogens (primary N) is 1. The fraction of sp³-hybridized carbons (Fsp3) is 0.172. The molecule has 0 fully saturated rings. The minimum atomic E-state index is -0.129. The summed E-state index contributed by atoms with van der Waals surface area (Å²) in [5.74, 6) is 1.09. The summed E-state index contributed by atoms with van der Waals surface area (Å²) in [7, 11) is 0. The van der Waals surface area contributed by atoms with Crippen molar-refractivity contribution in [1.82, 2.24) is 9.97 Å². The molecule has 3 heterocycles. The maximum atomic E-state index is 6.17. The van der Waals surface area contributed by atoms with Crippen LogP contribution in [0.4, 0.5) is 5.82 Å². The van der Waals surface area contributed by atoms with Crippen molar-refractivity contribution >= 4 is 16.8 Å². The fourth-order valence-corrected chi connectivity index (χ4v) is 4.09. The normalized spacial score (nSPS) is 11.6. The van der Waals surface area contributed by atoms with Gasteiger partial charge in [-0.05, 0) is 52.9 Å². The molecular formula is C29H27N3O2. The predicted molar refractivity (Wildman–Crippen MR) is 137 cm³/mol. The summed E-state index contributed by atoms with van der Waals surface area (Å²) in [6.45, 7) is 7.02. The Balaban J connectivity index is 1.64. The van der Waals surface area contributed by atoms with Crippen LogP contribution in [0.15, 0.2) is 89.8 Å². The average molecular weight is 450 g/mol. The highest BCUT2D eigenvalue weighted by atomic mass is 16.5. The van der Waals surface area contributed by atoms with Gasteiger partial charge in [-0.2, -0.15) is 0 Å². The molecule has 5 heteroatoms. The largest absolute Gasteiger partial charge is 0.472 e. The molecule has 170 valence electrons. The molecule has 0 aliphatic heterocycles. The van der Waals surface area contributed by atoms with Crippen molar-refractivity contribution in [2.24, 2.45) is 0 Å². The average Bonchev–Trinajstić information content (AvgIpc) is 3.27. The van der Waals surface area contributed by atoms with E-state index in [0.29, 0.717) is 18.3 Å². The molecule has 0 bridgehead atoms. The molecule has 0 spiro atoms. The molecule has 0 aliphatic carbocycles. The molecule has 5 aromatic rings. The van der Waals surface area contributed by atoms with Gasteiger partial charge in [0.25, 0.3) is 0 Å². The summed E-state index contributed by atoms with van der Waals surface area (Å²) in [5, 5.41) is 1.02. The first-order valence-corrected chi connectivity index (χ1v) is 11.3. The van der Waals surface area contributed by atoms with E-state index >= 15 is 0 Å². The Bertz CT molecular complexity index is 1430. The summed E-state index contributed by atoms with van der Waals surface area (Å²) in [6.07, 6.45) is 5.34. The number of anilines is 1. The minimum Gasteiger partial charge on any atom is -0.472 e. The highest BCUT2D eigenvalue weighted by molar-refractivity contribution is 5.99. The molecule has 34 heavy (non-hydrogen) atoms. The van der Waals surface area contributed by atoms with Crippen LogP contribution in [0.25, 0.3) is 33.2 Å². The molecule has 0 radical (unpaired) electrons. The van der Waals surface area contributed by atoms with E-state index in [0.717, 1.165) is 44.3 Å². The zero-order valence-electron chi connectivity index (χ0n) is 19.6. The van der Waals surface area contributed by atoms with Gasteiger partial charge in [-0.3, -0.25) is 0 Å². The van der Waals surface area contributed by atoms with E-state index in [9.17, 15) is 0 Å². The number of pyridine rings is 2. The van der Waals surface area contributed by atoms with Crippen molar-refractivity contribution in [2.45, 2.75) is 32.8 Å². The molecule has 0 unspecified atom stereocenters. The summed E-state index contributed by atoms with van der Waals surface area (Å²) >= 11 is 0. The summed E-state index contributed by atoms with van der Waals surface area (Å²) in [4.78, 5) is 8.82. The smallest absolute Gasteiger partial charge is 0.221 e. The second-order valence-electron chi connectivity index (χ2n) is 9.40. The monoisotopic (exact) mass is 449 g/mol. The third-order valence-corrected chi connectivity index (χ3v) is 5.88. The number of rotatable bonds is 5. The number of nitrogen functional groups attached to an aromatic ring is 1. The summed E-state index contributed by atoms with van der Waals surface area (Å²) in [6, 6.07) is 22.2. The van der Waals surface area contributed by atoms with Crippen LogP contribution >= 0.6 is 0 Å². The van der Waals surface area contributed by atoms with Crippen LogP contribution in [-0.2, 0) is 12.0 Å². The van der Waals surface area contributed by atoms with Gasteiger partial charge in [0.1, 0.15) is 18.0 Å². The second-order valence-corrected chi connectivity index (χ2v) is 9.40. The standard InChI is InChI=1S/C29H27N3O2/c1-29(2,3)25-15-21(14-23-24(18-33-27(23)25)20-11-12-26(30)32-16-20)22-10-7-13-31-28(22)34-17-19-8-5-4-6-9-19/h4-16,18H,17H2,1-3H3,(H2,30,32). The van der Waals surface area contributed by atoms with Crippen LogP contribution < -0.4 is 10.5 Å². The second kappa shape index (κ2) is 8.67. The van der Waals surface area contributed by atoms with Crippen LogP contribution in [0.2, 0.25) is 0 Å². The van der Waals surface area contributed by atoms with Gasteiger partial charge in [0.2, 0.25) is 5.88 Å². The predicted octanol–water partition coefficient (Wildman–Crippen LogP) is 7.02. The van der Waals surface area contributed by atoms with E-state index in [2.05, 4.69) is 42.9 Å². The quantitative estimate of drug-likeness (QED) is 0.312. The Kier molecular flexibility index (Phi) is 5.54. The minimum absolute atomic E-state index is 0.129. The van der Waals surface area contributed by atoms with Gasteiger partial charge >= 0.3 is 0 Å². The zero-order chi connectivity index (χ0) is 23.7. The van der Waals surface area contributed by atoms with Crippen molar-refractivity contribution in [2.75, 3.05) is 5.73 Å². The molecule has 0 atom stereocenters. The third-order valence-electron chi connectivity index (χ3n) is 5.88. The molecule has 0 saturated carbocycles. The third kappa shape index (κ3) is 4.25. The van der Waals surface area contributed by atoms with Gasteiger partial charge in [-0.1, -0.05) is 51.1 Å². The fourth-order valence-electron chi connectivity index (χ4n) is 4.09. The molecule has 3 aromatic heterocycles. The number of hydrogen-bond acceptors (Lipinski definition) is 5. The molecule has 0 amide bonds. The molecule has 2 aromatic carbocycles. The van der Waals surface area contributed by atoms with Crippen LogP contribution in [-0.4, -0.2) is 9.97 Å². The zero-order valence-corrected chi connectivity index (χ0v) is 19.6. The number of furan rings is 1. The van der Waals surface area contributed by atoms with Gasteiger partial charge in [-0.25, -0.2) is 9.97 Å². The topological polar surface area (TPSA) is 74.2 Å². The molecule has 0 saturated heterocycles. The summed E-state index contributed by atoms with van der Waals surface area (Å²) < 4.78 is 12.3. The van der Waals surface area contributed by atoms with E-state index < -0.39 is 0 Å². The summed E-state index contributed by atoms with van der Waals surface area (Å²) in [5.41, 5.74) is 12.7. The van der Waals surface area contributed by atoms with Crippen molar-refractivity contribution < 1.29 is 9.15 Å². The van der Waals surface area contributed by atoms with Gasteiger partial charge in [0.05, 0.1) is 6.26 Å². The number of aromatic nitrogens is 2. The lowest BCUT2D eigenvalue weighted by molar-refractivity contribution is 0.295. The first kappa shape index (κ1) is 21.7. The highest BCUT2D eigenvalue weighted by Crippen LogP contribution is 2.41. The lowest BCUT2D eigenvalue weighted by atomic mass is 9.83. The Labute approximate surface area is 199 Å². The molecule has 2 N–H and O–H groups in total. The number of nitrogens with zero attached hydrogens (tertiary/aromatic N) is 2. The van der Waals surface area contributed by atoms with E-state index in [1.165, 1.54) is 0 Å². The van der Waals surface area contributed by atoms with Crippen LogP contribution in [0.1, 0.15) is 31.9 Å². The Morgan fingerprint density at radius 2 is 1.71 bits per heavy atom. The number of benzene rings is 2. The first-order valence-electron chi connectivity index (χ1n) is 11.3. The molecule has 5 rings (SSSR count). The number of fused-ring (bicyclic) bond motifs is 1. The van der Waals surface area contributed by atoms with Crippen LogP contribution in [0.3, 0.4) is 0 Å². The number of hydrogen-bond donors (Lipinski definition) is 1. The number of ether oxygens (including phenoxy) is 1. The molecule has 5 nitrogen and oxygen atoms in total. The van der Waals surface area contributed by atoms with Crippen molar-refractivity contribution in [3.8, 4) is 28.1 Å². The van der Waals surface area contributed by atoms with Crippen molar-refractivity contribution in [1.29, 1.82) is 0 Å². The maximum absolute atomic E-state index is 6.17. The lowest BCUT2D eigenvalue weighted by Gasteiger charge is -2.21. The SMILES string of the molecule is CC(C)(C)c1cc(-c2cccnc2OCc2ccccc2)cc2c(-c3ccc(N)nc3)coc12. The van der Waals surface area contributed by atoms with Gasteiger partial charge in [0, 0.05) is 40.0 Å². The Morgan fingerprint density at radius 1 is 0.882 bits per heavy atom. The van der Waals surface area contributed by atoms with Crippen molar-refractivity contribution in [3.05, 3.63) is 96.5 Å². The van der Waals surface area contributed by atoms with Gasteiger partial charge in [0.15, 0.2) is 0 Å². The lowest BCUT2D eigenvalue weighted by Crippen LogP contribution is -2.11. The van der Waals surface area contributed by atoms with Gasteiger partial charge < -0.3 is 14.9 Å².